The fourth-order valence-electron chi connectivity index (χ4n) is 5.72. The second-order valence-corrected chi connectivity index (χ2v) is 12.1. The molecule has 2 saturated heterocycles. The van der Waals surface area contributed by atoms with Gasteiger partial charge in [-0.05, 0) is 67.3 Å². The first-order valence-corrected chi connectivity index (χ1v) is 13.9. The van der Waals surface area contributed by atoms with Crippen molar-refractivity contribution < 1.29 is 9.90 Å². The van der Waals surface area contributed by atoms with Gasteiger partial charge in [0.05, 0.1) is 12.2 Å². The van der Waals surface area contributed by atoms with Crippen LogP contribution in [0.2, 0.25) is 0 Å². The lowest BCUT2D eigenvalue weighted by atomic mass is 9.88. The molecule has 1 aromatic carbocycles. The van der Waals surface area contributed by atoms with Crippen LogP contribution in [0.1, 0.15) is 69.2 Å². The predicted octanol–water partition coefficient (Wildman–Crippen LogP) is 4.47. The first-order chi connectivity index (χ1) is 18.1. The monoisotopic (exact) mass is 515 g/mol. The van der Waals surface area contributed by atoms with E-state index in [9.17, 15) is 9.90 Å². The maximum absolute atomic E-state index is 13.1. The van der Waals surface area contributed by atoms with Gasteiger partial charge >= 0.3 is 0 Å². The summed E-state index contributed by atoms with van der Waals surface area (Å²) >= 11 is 0. The Morgan fingerprint density at radius 1 is 1.03 bits per heavy atom. The summed E-state index contributed by atoms with van der Waals surface area (Å²) in [5.41, 5.74) is 3.03. The van der Waals surface area contributed by atoms with Gasteiger partial charge in [0.25, 0.3) is 0 Å². The van der Waals surface area contributed by atoms with E-state index in [1.807, 2.05) is 35.0 Å². The molecule has 0 aliphatic carbocycles. The van der Waals surface area contributed by atoms with Crippen molar-refractivity contribution in [2.24, 2.45) is 7.05 Å². The van der Waals surface area contributed by atoms with Gasteiger partial charge in [0.15, 0.2) is 5.82 Å². The summed E-state index contributed by atoms with van der Waals surface area (Å²) in [5.74, 6) is 1.49. The molecule has 0 radical (unpaired) electrons. The molecule has 4 heterocycles. The van der Waals surface area contributed by atoms with Crippen LogP contribution in [0.3, 0.4) is 0 Å². The number of benzene rings is 1. The molecule has 0 bridgehead atoms. The smallest absolute Gasteiger partial charge is 0.236 e. The first-order valence-electron chi connectivity index (χ1n) is 13.9. The Bertz CT molecular complexity index is 1230. The molecule has 1 N–H and O–H groups in total. The molecule has 1 amide bonds. The Kier molecular flexibility index (Phi) is 7.43. The van der Waals surface area contributed by atoms with Gasteiger partial charge in [0, 0.05) is 32.5 Å². The molecular formula is C31H41N5O2. The van der Waals surface area contributed by atoms with E-state index < -0.39 is 5.60 Å². The van der Waals surface area contributed by atoms with E-state index in [0.717, 1.165) is 37.4 Å². The fourth-order valence-corrected chi connectivity index (χ4v) is 5.72. The molecular weight excluding hydrogens is 474 g/mol. The summed E-state index contributed by atoms with van der Waals surface area (Å²) in [4.78, 5) is 26.7. The van der Waals surface area contributed by atoms with Crippen LogP contribution >= 0.6 is 0 Å². The van der Waals surface area contributed by atoms with E-state index in [1.54, 1.807) is 0 Å². The summed E-state index contributed by atoms with van der Waals surface area (Å²) in [6, 6.07) is 14.8. The molecule has 0 spiro atoms. The van der Waals surface area contributed by atoms with Crippen molar-refractivity contribution >= 4 is 5.91 Å². The number of piperidine rings is 2. The molecule has 0 atom stereocenters. The number of amides is 1. The van der Waals surface area contributed by atoms with Crippen LogP contribution in [-0.2, 0) is 22.9 Å². The first kappa shape index (κ1) is 26.6. The lowest BCUT2D eigenvalue weighted by Gasteiger charge is -2.39. The van der Waals surface area contributed by atoms with Crippen molar-refractivity contribution in [2.75, 3.05) is 32.7 Å². The van der Waals surface area contributed by atoms with Gasteiger partial charge in [-0.2, -0.15) is 0 Å². The van der Waals surface area contributed by atoms with Crippen molar-refractivity contribution in [2.45, 2.75) is 63.4 Å². The van der Waals surface area contributed by atoms with Crippen LogP contribution in [0.5, 0.6) is 0 Å². The van der Waals surface area contributed by atoms with E-state index in [4.69, 9.17) is 4.98 Å². The summed E-state index contributed by atoms with van der Waals surface area (Å²) in [6.45, 7) is 9.95. The number of hydrogen-bond acceptors (Lipinski definition) is 5. The van der Waals surface area contributed by atoms with Crippen LogP contribution in [0, 0.1) is 0 Å². The van der Waals surface area contributed by atoms with Crippen molar-refractivity contribution in [3.05, 3.63) is 71.7 Å². The second-order valence-electron chi connectivity index (χ2n) is 12.1. The number of nitrogens with zero attached hydrogens (tertiary/aromatic N) is 5. The minimum atomic E-state index is -1.04. The van der Waals surface area contributed by atoms with Gasteiger partial charge in [-0.15, -0.1) is 0 Å². The van der Waals surface area contributed by atoms with Crippen LogP contribution < -0.4 is 0 Å². The van der Waals surface area contributed by atoms with E-state index in [2.05, 4.69) is 67.1 Å². The number of carbonyl (C=O) groups excluding carboxylic acids is 1. The summed E-state index contributed by atoms with van der Waals surface area (Å²) < 4.78 is 1.93. The summed E-state index contributed by atoms with van der Waals surface area (Å²) in [5, 5.41) is 11.5. The number of aliphatic hydroxyl groups is 1. The quantitative estimate of drug-likeness (QED) is 0.543. The SMILES string of the molecule is Cn1cc(C2(O)CCN(C(=O)CN3CCC(c4ccccc4)CC3)CC2)nc1-c1ccc(C(C)(C)C)cn1. The maximum atomic E-state index is 13.1. The minimum absolute atomic E-state index is 0.0392. The van der Waals surface area contributed by atoms with Crippen molar-refractivity contribution in [1.82, 2.24) is 24.3 Å². The predicted molar refractivity (Wildman–Crippen MR) is 150 cm³/mol. The highest BCUT2D eigenvalue weighted by molar-refractivity contribution is 5.78. The number of aromatic nitrogens is 3. The Balaban J connectivity index is 1.16. The molecule has 2 fully saturated rings. The molecule has 2 aliphatic rings. The topological polar surface area (TPSA) is 74.5 Å². The molecule has 2 aliphatic heterocycles. The number of likely N-dealkylation sites (tertiary alicyclic amines) is 2. The lowest BCUT2D eigenvalue weighted by molar-refractivity contribution is -0.137. The zero-order valence-corrected chi connectivity index (χ0v) is 23.2. The van der Waals surface area contributed by atoms with Gasteiger partial charge in [0.1, 0.15) is 11.3 Å². The van der Waals surface area contributed by atoms with E-state index in [-0.39, 0.29) is 11.3 Å². The number of rotatable bonds is 5. The van der Waals surface area contributed by atoms with Crippen LogP contribution in [0.4, 0.5) is 0 Å². The number of carbonyl (C=O) groups is 1. The average Bonchev–Trinajstić information content (AvgIpc) is 3.32. The molecule has 3 aromatic rings. The normalized spacial score (nSPS) is 19.0. The van der Waals surface area contributed by atoms with Gasteiger partial charge in [-0.1, -0.05) is 57.2 Å². The molecule has 38 heavy (non-hydrogen) atoms. The highest BCUT2D eigenvalue weighted by Crippen LogP contribution is 2.34. The average molecular weight is 516 g/mol. The van der Waals surface area contributed by atoms with E-state index >= 15 is 0 Å². The van der Waals surface area contributed by atoms with E-state index in [0.29, 0.717) is 44.1 Å². The summed E-state index contributed by atoms with van der Waals surface area (Å²) in [6.07, 6.45) is 6.97. The number of hydrogen-bond donors (Lipinski definition) is 1. The molecule has 0 unspecified atom stereocenters. The van der Waals surface area contributed by atoms with Gasteiger partial charge in [-0.3, -0.25) is 14.7 Å². The number of pyridine rings is 1. The van der Waals surface area contributed by atoms with E-state index in [1.165, 1.54) is 11.1 Å². The third kappa shape index (κ3) is 5.69. The molecule has 7 nitrogen and oxygen atoms in total. The van der Waals surface area contributed by atoms with Crippen LogP contribution in [0.15, 0.2) is 54.9 Å². The Labute approximate surface area is 226 Å². The lowest BCUT2D eigenvalue weighted by Crippen LogP contribution is -2.49. The van der Waals surface area contributed by atoms with Gasteiger partial charge in [-0.25, -0.2) is 4.98 Å². The zero-order valence-electron chi connectivity index (χ0n) is 23.2. The second kappa shape index (κ2) is 10.6. The standard InChI is InChI=1S/C31H41N5O2/c1-30(2,3)25-10-11-26(32-20-25)29-33-27(21-34(29)4)31(38)14-18-36(19-15-31)28(37)22-35-16-12-24(13-17-35)23-8-6-5-7-9-23/h5-11,20-21,24,38H,12-19,22H2,1-4H3. The van der Waals surface area contributed by atoms with Crippen molar-refractivity contribution in [3.63, 3.8) is 0 Å². The largest absolute Gasteiger partial charge is 0.383 e. The Morgan fingerprint density at radius 3 is 2.32 bits per heavy atom. The Hall–Kier alpha value is -3.03. The van der Waals surface area contributed by atoms with Gasteiger partial charge < -0.3 is 14.6 Å². The fraction of sp³-hybridized carbons (Fsp3) is 0.516. The molecule has 5 rings (SSSR count). The molecule has 7 heteroatoms. The summed E-state index contributed by atoms with van der Waals surface area (Å²) in [7, 11) is 1.94. The molecule has 2 aromatic heterocycles. The maximum Gasteiger partial charge on any atom is 0.236 e. The third-order valence-corrected chi connectivity index (χ3v) is 8.37. The highest BCUT2D eigenvalue weighted by Gasteiger charge is 2.38. The Morgan fingerprint density at radius 2 is 1.71 bits per heavy atom. The third-order valence-electron chi connectivity index (χ3n) is 8.37. The van der Waals surface area contributed by atoms with Crippen LogP contribution in [-0.4, -0.2) is 68.1 Å². The zero-order chi connectivity index (χ0) is 26.9. The number of imidazole rings is 1. The highest BCUT2D eigenvalue weighted by atomic mass is 16.3. The molecule has 0 saturated carbocycles. The number of aryl methyl sites for hydroxylation is 1. The van der Waals surface area contributed by atoms with Crippen LogP contribution in [0.25, 0.3) is 11.5 Å². The van der Waals surface area contributed by atoms with Crippen molar-refractivity contribution in [1.29, 1.82) is 0 Å². The minimum Gasteiger partial charge on any atom is -0.383 e. The van der Waals surface area contributed by atoms with Crippen molar-refractivity contribution in [3.8, 4) is 11.5 Å². The molecule has 202 valence electrons. The van der Waals surface area contributed by atoms with Gasteiger partial charge in [0.2, 0.25) is 5.91 Å².